The van der Waals surface area contributed by atoms with Crippen LogP contribution in [0.5, 0.6) is 5.75 Å². The van der Waals surface area contributed by atoms with E-state index in [1.807, 2.05) is 43.3 Å². The average molecular weight is 450 g/mol. The van der Waals surface area contributed by atoms with Crippen molar-refractivity contribution in [3.63, 3.8) is 0 Å². The van der Waals surface area contributed by atoms with Crippen LogP contribution in [0.2, 0.25) is 0 Å². The molecule has 0 spiro atoms. The number of ether oxygens (including phenoxy) is 1. The molecular weight excluding hydrogens is 431 g/mol. The fourth-order valence-electron chi connectivity index (χ4n) is 2.83. The fraction of sp³-hybridized carbons (Fsp3) is 0.263. The smallest absolute Gasteiger partial charge is 0.229 e. The van der Waals surface area contributed by atoms with Crippen LogP contribution in [-0.2, 0) is 9.59 Å². The van der Waals surface area contributed by atoms with Gasteiger partial charge in [-0.3, -0.25) is 9.59 Å². The number of benzene rings is 2. The molecule has 130 valence electrons. The van der Waals surface area contributed by atoms with Crippen molar-refractivity contribution in [2.75, 3.05) is 23.9 Å². The molecule has 25 heavy (non-hydrogen) atoms. The molecule has 0 radical (unpaired) electrons. The molecule has 0 bridgehead atoms. The van der Waals surface area contributed by atoms with Gasteiger partial charge < -0.3 is 15.0 Å². The van der Waals surface area contributed by atoms with E-state index < -0.39 is 0 Å². The Hall–Kier alpha value is -2.09. The number of hydrogen-bond acceptors (Lipinski definition) is 3. The molecule has 0 aliphatic carbocycles. The number of amides is 2. The minimum atomic E-state index is -0.363. The Morgan fingerprint density at radius 2 is 2.08 bits per heavy atom. The van der Waals surface area contributed by atoms with Gasteiger partial charge in [-0.05, 0) is 59.3 Å². The topological polar surface area (TPSA) is 58.6 Å². The predicted molar refractivity (Wildman–Crippen MR) is 106 cm³/mol. The summed E-state index contributed by atoms with van der Waals surface area (Å²) in [7, 11) is 1.59. The summed E-state index contributed by atoms with van der Waals surface area (Å²) in [6, 6.07) is 13.1. The van der Waals surface area contributed by atoms with Crippen LogP contribution in [0.25, 0.3) is 0 Å². The van der Waals surface area contributed by atoms with E-state index in [-0.39, 0.29) is 24.2 Å². The molecule has 1 aliphatic heterocycles. The van der Waals surface area contributed by atoms with Crippen LogP contribution in [0.4, 0.5) is 11.4 Å². The van der Waals surface area contributed by atoms with Gasteiger partial charge in [0.25, 0.3) is 0 Å². The zero-order valence-electron chi connectivity index (χ0n) is 14.1. The third kappa shape index (κ3) is 3.95. The normalized spacial score (nSPS) is 16.8. The number of nitrogens with zero attached hydrogens (tertiary/aromatic N) is 1. The van der Waals surface area contributed by atoms with Gasteiger partial charge in [0.15, 0.2) is 0 Å². The molecule has 0 aromatic heterocycles. The molecule has 1 heterocycles. The highest BCUT2D eigenvalue weighted by Crippen LogP contribution is 2.28. The lowest BCUT2D eigenvalue weighted by Crippen LogP contribution is -2.28. The maximum atomic E-state index is 12.5. The lowest BCUT2D eigenvalue weighted by molar-refractivity contribution is -0.122. The molecule has 1 atom stereocenters. The lowest BCUT2D eigenvalue weighted by Gasteiger charge is -2.17. The van der Waals surface area contributed by atoms with Crippen molar-refractivity contribution < 1.29 is 14.3 Å². The molecule has 2 amide bonds. The first-order valence-electron chi connectivity index (χ1n) is 7.99. The summed E-state index contributed by atoms with van der Waals surface area (Å²) in [5.41, 5.74) is 2.68. The molecular formula is C19H19IN2O3. The molecule has 1 unspecified atom stereocenters. The Morgan fingerprint density at radius 3 is 2.80 bits per heavy atom. The van der Waals surface area contributed by atoms with Crippen LogP contribution >= 0.6 is 22.6 Å². The Labute approximate surface area is 160 Å². The third-order valence-electron chi connectivity index (χ3n) is 4.30. The number of rotatable bonds is 4. The van der Waals surface area contributed by atoms with E-state index in [9.17, 15) is 9.59 Å². The van der Waals surface area contributed by atoms with Crippen molar-refractivity contribution in [2.45, 2.75) is 13.3 Å². The number of nitrogens with one attached hydrogen (secondary N) is 1. The molecule has 0 saturated carbocycles. The average Bonchev–Trinajstić information content (AvgIpc) is 3.00. The van der Waals surface area contributed by atoms with Gasteiger partial charge in [-0.15, -0.1) is 0 Å². The quantitative estimate of drug-likeness (QED) is 0.725. The summed E-state index contributed by atoms with van der Waals surface area (Å²) in [6.07, 6.45) is 0.214. The second kappa shape index (κ2) is 7.43. The van der Waals surface area contributed by atoms with Gasteiger partial charge in [-0.1, -0.05) is 12.1 Å². The summed E-state index contributed by atoms with van der Waals surface area (Å²) in [5.74, 6) is 0.149. The molecule has 5 nitrogen and oxygen atoms in total. The monoisotopic (exact) mass is 450 g/mol. The molecule has 1 saturated heterocycles. The highest BCUT2D eigenvalue weighted by atomic mass is 127. The Balaban J connectivity index is 1.70. The molecule has 6 heteroatoms. The van der Waals surface area contributed by atoms with E-state index in [0.29, 0.717) is 12.3 Å². The minimum Gasteiger partial charge on any atom is -0.497 e. The number of anilines is 2. The number of halogens is 1. The largest absolute Gasteiger partial charge is 0.497 e. The van der Waals surface area contributed by atoms with Crippen LogP contribution in [0.1, 0.15) is 12.0 Å². The van der Waals surface area contributed by atoms with Gasteiger partial charge in [0.05, 0.1) is 13.0 Å². The molecule has 3 rings (SSSR count). The Bertz CT molecular complexity index is 822. The van der Waals surface area contributed by atoms with E-state index in [4.69, 9.17) is 4.74 Å². The van der Waals surface area contributed by atoms with Gasteiger partial charge in [0, 0.05) is 34.0 Å². The zero-order valence-corrected chi connectivity index (χ0v) is 16.2. The number of carbonyl (C=O) groups excluding carboxylic acids is 2. The van der Waals surface area contributed by atoms with Crippen LogP contribution in [-0.4, -0.2) is 25.5 Å². The summed E-state index contributed by atoms with van der Waals surface area (Å²) in [6.45, 7) is 2.40. The SMILES string of the molecule is COc1cccc(N2CC(C(=O)Nc3ccc(C)c(I)c3)CC2=O)c1. The molecule has 2 aromatic carbocycles. The molecule has 1 aliphatic rings. The van der Waals surface area contributed by atoms with Gasteiger partial charge in [0.2, 0.25) is 11.8 Å². The number of carbonyl (C=O) groups is 2. The van der Waals surface area contributed by atoms with E-state index in [1.54, 1.807) is 18.1 Å². The second-order valence-corrected chi connectivity index (χ2v) is 7.22. The van der Waals surface area contributed by atoms with E-state index in [1.165, 1.54) is 5.56 Å². The Morgan fingerprint density at radius 1 is 1.28 bits per heavy atom. The Kier molecular flexibility index (Phi) is 5.27. The summed E-state index contributed by atoms with van der Waals surface area (Å²) >= 11 is 2.24. The standard InChI is InChI=1S/C19H19IN2O3/c1-12-6-7-14(9-17(12)20)21-19(24)13-8-18(23)22(11-13)15-4-3-5-16(10-15)25-2/h3-7,9-10,13H,8,11H2,1-2H3,(H,21,24). The van der Waals surface area contributed by atoms with Crippen molar-refractivity contribution in [3.05, 3.63) is 51.6 Å². The van der Waals surface area contributed by atoms with Crippen molar-refractivity contribution >= 4 is 45.8 Å². The van der Waals surface area contributed by atoms with E-state index in [2.05, 4.69) is 27.9 Å². The molecule has 1 fully saturated rings. The first-order chi connectivity index (χ1) is 12.0. The molecule has 1 N–H and O–H groups in total. The lowest BCUT2D eigenvalue weighted by atomic mass is 10.1. The summed E-state index contributed by atoms with van der Waals surface area (Å²) < 4.78 is 6.30. The van der Waals surface area contributed by atoms with Crippen LogP contribution in [0.15, 0.2) is 42.5 Å². The minimum absolute atomic E-state index is 0.0492. The summed E-state index contributed by atoms with van der Waals surface area (Å²) in [5, 5.41) is 2.92. The van der Waals surface area contributed by atoms with Crippen molar-refractivity contribution in [3.8, 4) is 5.75 Å². The van der Waals surface area contributed by atoms with Gasteiger partial charge >= 0.3 is 0 Å². The van der Waals surface area contributed by atoms with Gasteiger partial charge in [-0.2, -0.15) is 0 Å². The van der Waals surface area contributed by atoms with E-state index >= 15 is 0 Å². The maximum absolute atomic E-state index is 12.5. The van der Waals surface area contributed by atoms with Crippen LogP contribution < -0.4 is 15.0 Å². The maximum Gasteiger partial charge on any atom is 0.229 e. The van der Waals surface area contributed by atoms with Crippen LogP contribution in [0.3, 0.4) is 0 Å². The van der Waals surface area contributed by atoms with Crippen LogP contribution in [0, 0.1) is 16.4 Å². The predicted octanol–water partition coefficient (Wildman–Crippen LogP) is 3.60. The van der Waals surface area contributed by atoms with Gasteiger partial charge in [-0.25, -0.2) is 0 Å². The zero-order chi connectivity index (χ0) is 18.0. The van der Waals surface area contributed by atoms with Crippen molar-refractivity contribution in [1.29, 1.82) is 0 Å². The number of methoxy groups -OCH3 is 1. The highest BCUT2D eigenvalue weighted by molar-refractivity contribution is 14.1. The number of aryl methyl sites for hydroxylation is 1. The van der Waals surface area contributed by atoms with Gasteiger partial charge in [0.1, 0.15) is 5.75 Å². The fourth-order valence-corrected chi connectivity index (χ4v) is 3.34. The van der Waals surface area contributed by atoms with E-state index in [0.717, 1.165) is 14.9 Å². The molecule has 2 aromatic rings. The summed E-state index contributed by atoms with van der Waals surface area (Å²) in [4.78, 5) is 26.5. The number of hydrogen-bond donors (Lipinski definition) is 1. The second-order valence-electron chi connectivity index (χ2n) is 6.06. The van der Waals surface area contributed by atoms with Crippen molar-refractivity contribution in [2.24, 2.45) is 5.92 Å². The highest BCUT2D eigenvalue weighted by Gasteiger charge is 2.35. The van der Waals surface area contributed by atoms with Crippen molar-refractivity contribution in [1.82, 2.24) is 0 Å². The first-order valence-corrected chi connectivity index (χ1v) is 9.07. The first kappa shape index (κ1) is 17.7. The third-order valence-corrected chi connectivity index (χ3v) is 5.46.